The largest absolute Gasteiger partial charge is 0.380 e. The summed E-state index contributed by atoms with van der Waals surface area (Å²) in [5, 5.41) is 17.6. The second kappa shape index (κ2) is 5.60. The van der Waals surface area contributed by atoms with E-state index in [0.29, 0.717) is 0 Å². The number of hydrogen-bond acceptors (Lipinski definition) is 5. The molecule has 0 aliphatic rings. The average Bonchev–Trinajstić information content (AvgIpc) is 3.05. The fraction of sp³-hybridized carbons (Fsp3) is 0.154. The van der Waals surface area contributed by atoms with E-state index in [1.807, 2.05) is 42.8 Å². The number of thiophene rings is 1. The molecule has 0 unspecified atom stereocenters. The van der Waals surface area contributed by atoms with Gasteiger partial charge < -0.3 is 5.32 Å². The Hall–Kier alpha value is -1.92. The highest BCUT2D eigenvalue weighted by atomic mass is 35.5. The normalized spacial score (nSPS) is 10.7. The molecular weight excluding hydrogens is 294 g/mol. The maximum atomic E-state index is 5.91. The number of aromatic nitrogens is 4. The van der Waals surface area contributed by atoms with Crippen molar-refractivity contribution in [3.05, 3.63) is 45.6 Å². The Morgan fingerprint density at radius 3 is 2.95 bits per heavy atom. The molecule has 7 heteroatoms. The average molecular weight is 306 g/mol. The molecule has 0 spiro atoms. The Balaban J connectivity index is 1.76. The molecule has 0 radical (unpaired) electrons. The van der Waals surface area contributed by atoms with Crippen molar-refractivity contribution >= 4 is 28.6 Å². The van der Waals surface area contributed by atoms with E-state index in [4.69, 9.17) is 11.6 Å². The zero-order valence-corrected chi connectivity index (χ0v) is 12.3. The van der Waals surface area contributed by atoms with Crippen molar-refractivity contribution in [3.8, 4) is 11.4 Å². The number of tetrazole rings is 1. The first kappa shape index (κ1) is 13.1. The van der Waals surface area contributed by atoms with Crippen molar-refractivity contribution in [1.29, 1.82) is 0 Å². The molecule has 0 aliphatic carbocycles. The summed E-state index contributed by atoms with van der Waals surface area (Å²) < 4.78 is 1.65. The highest BCUT2D eigenvalue weighted by Crippen LogP contribution is 2.22. The topological polar surface area (TPSA) is 55.6 Å². The van der Waals surface area contributed by atoms with Crippen LogP contribution in [0.5, 0.6) is 0 Å². The molecule has 0 saturated heterocycles. The monoisotopic (exact) mass is 305 g/mol. The van der Waals surface area contributed by atoms with E-state index in [-0.39, 0.29) is 0 Å². The third-order valence-corrected chi connectivity index (χ3v) is 4.11. The number of nitrogens with zero attached hydrogens (tertiary/aromatic N) is 4. The third-order valence-electron chi connectivity index (χ3n) is 2.83. The molecule has 1 N–H and O–H groups in total. The Morgan fingerprint density at radius 2 is 2.25 bits per heavy atom. The number of nitrogens with one attached hydrogen (secondary N) is 1. The number of benzene rings is 1. The molecule has 0 amide bonds. The molecule has 5 nitrogen and oxygen atoms in total. The highest BCUT2D eigenvalue weighted by molar-refractivity contribution is 7.10. The van der Waals surface area contributed by atoms with Crippen LogP contribution in [0.2, 0.25) is 5.02 Å². The molecule has 102 valence electrons. The van der Waals surface area contributed by atoms with Crippen LogP contribution >= 0.6 is 22.9 Å². The molecule has 3 aromatic rings. The van der Waals surface area contributed by atoms with E-state index >= 15 is 0 Å². The van der Waals surface area contributed by atoms with E-state index in [0.717, 1.165) is 28.6 Å². The van der Waals surface area contributed by atoms with Crippen molar-refractivity contribution < 1.29 is 0 Å². The fourth-order valence-corrected chi connectivity index (χ4v) is 2.89. The Labute approximate surface area is 125 Å². The van der Waals surface area contributed by atoms with Gasteiger partial charge in [0, 0.05) is 35.1 Å². The first-order chi connectivity index (χ1) is 9.72. The van der Waals surface area contributed by atoms with Crippen molar-refractivity contribution in [2.24, 2.45) is 7.05 Å². The summed E-state index contributed by atoms with van der Waals surface area (Å²) in [6.45, 7) is 0.748. The molecule has 0 aliphatic heterocycles. The Bertz CT molecular complexity index is 721. The first-order valence-corrected chi connectivity index (χ1v) is 7.28. The molecule has 0 saturated carbocycles. The number of hydrogen-bond donors (Lipinski definition) is 1. The van der Waals surface area contributed by atoms with E-state index in [1.165, 1.54) is 4.88 Å². The molecule has 1 aromatic carbocycles. The van der Waals surface area contributed by atoms with Crippen LogP contribution in [0.25, 0.3) is 11.4 Å². The summed E-state index contributed by atoms with van der Waals surface area (Å²) in [7, 11) is 1.82. The highest BCUT2D eigenvalue weighted by Gasteiger charge is 2.06. The predicted molar refractivity (Wildman–Crippen MR) is 80.9 cm³/mol. The van der Waals surface area contributed by atoms with Crippen LogP contribution in [-0.4, -0.2) is 20.2 Å². The van der Waals surface area contributed by atoms with Gasteiger partial charge in [0.25, 0.3) is 0 Å². The van der Waals surface area contributed by atoms with Gasteiger partial charge in [-0.2, -0.15) is 0 Å². The molecule has 0 atom stereocenters. The maximum absolute atomic E-state index is 5.91. The van der Waals surface area contributed by atoms with Crippen LogP contribution in [0.3, 0.4) is 0 Å². The third kappa shape index (κ3) is 2.81. The lowest BCUT2D eigenvalue weighted by atomic mass is 10.2. The summed E-state index contributed by atoms with van der Waals surface area (Å²) in [6.07, 6.45) is 0. The van der Waals surface area contributed by atoms with E-state index in [2.05, 4.69) is 20.8 Å². The molecular formula is C13H12ClN5S. The maximum Gasteiger partial charge on any atom is 0.181 e. The van der Waals surface area contributed by atoms with Gasteiger partial charge in [0.1, 0.15) is 0 Å². The van der Waals surface area contributed by atoms with Gasteiger partial charge in [0.05, 0.1) is 5.02 Å². The summed E-state index contributed by atoms with van der Waals surface area (Å²) >= 11 is 7.55. The van der Waals surface area contributed by atoms with Gasteiger partial charge in [-0.3, -0.25) is 0 Å². The van der Waals surface area contributed by atoms with Crippen LogP contribution in [-0.2, 0) is 13.6 Å². The quantitative estimate of drug-likeness (QED) is 0.804. The van der Waals surface area contributed by atoms with Crippen LogP contribution in [0.15, 0.2) is 35.7 Å². The zero-order valence-electron chi connectivity index (χ0n) is 10.7. The Morgan fingerprint density at radius 1 is 1.35 bits per heavy atom. The lowest BCUT2D eigenvalue weighted by molar-refractivity contribution is 0.714. The van der Waals surface area contributed by atoms with Gasteiger partial charge in [0.15, 0.2) is 5.82 Å². The van der Waals surface area contributed by atoms with Crippen LogP contribution in [0, 0.1) is 0 Å². The van der Waals surface area contributed by atoms with E-state index < -0.39 is 0 Å². The van der Waals surface area contributed by atoms with E-state index in [1.54, 1.807) is 16.0 Å². The van der Waals surface area contributed by atoms with Gasteiger partial charge in [0.2, 0.25) is 0 Å². The van der Waals surface area contributed by atoms with Crippen LogP contribution in [0.1, 0.15) is 4.88 Å². The molecule has 3 rings (SSSR count). The van der Waals surface area contributed by atoms with Crippen molar-refractivity contribution in [1.82, 2.24) is 20.2 Å². The smallest absolute Gasteiger partial charge is 0.181 e. The number of aryl methyl sites for hydroxylation is 1. The number of anilines is 1. The minimum atomic E-state index is 0.743. The number of rotatable bonds is 4. The van der Waals surface area contributed by atoms with Crippen molar-refractivity contribution in [3.63, 3.8) is 0 Å². The minimum absolute atomic E-state index is 0.743. The molecule has 0 bridgehead atoms. The van der Waals surface area contributed by atoms with Gasteiger partial charge in [-0.05, 0) is 28.6 Å². The van der Waals surface area contributed by atoms with Crippen LogP contribution in [0.4, 0.5) is 5.69 Å². The summed E-state index contributed by atoms with van der Waals surface area (Å²) in [5.74, 6) is 0.743. The summed E-state index contributed by atoms with van der Waals surface area (Å²) in [5.41, 5.74) is 2.00. The zero-order chi connectivity index (χ0) is 13.9. The lowest BCUT2D eigenvalue weighted by Crippen LogP contribution is -1.99. The van der Waals surface area contributed by atoms with E-state index in [9.17, 15) is 0 Å². The SMILES string of the molecule is Cn1nnnc1-c1cccc(NCc2cc(Cl)cs2)c1. The minimum Gasteiger partial charge on any atom is -0.380 e. The molecule has 2 heterocycles. The molecule has 20 heavy (non-hydrogen) atoms. The second-order valence-electron chi connectivity index (χ2n) is 4.29. The predicted octanol–water partition coefficient (Wildman–Crippen LogP) is 3.20. The van der Waals surface area contributed by atoms with Crippen LogP contribution < -0.4 is 5.32 Å². The lowest BCUT2D eigenvalue weighted by Gasteiger charge is -2.06. The fourth-order valence-electron chi connectivity index (χ4n) is 1.88. The van der Waals surface area contributed by atoms with Gasteiger partial charge >= 0.3 is 0 Å². The number of halogens is 1. The standard InChI is InChI=1S/C13H12ClN5S/c1-19-13(16-17-18-19)9-3-2-4-11(5-9)15-7-12-6-10(14)8-20-12/h2-6,8,15H,7H2,1H3. The Kier molecular flexibility index (Phi) is 3.66. The second-order valence-corrected chi connectivity index (χ2v) is 5.72. The van der Waals surface area contributed by atoms with Gasteiger partial charge in [-0.1, -0.05) is 23.7 Å². The molecule has 0 fully saturated rings. The first-order valence-electron chi connectivity index (χ1n) is 6.02. The van der Waals surface area contributed by atoms with Crippen molar-refractivity contribution in [2.45, 2.75) is 6.54 Å². The summed E-state index contributed by atoms with van der Waals surface area (Å²) in [6, 6.07) is 9.98. The van der Waals surface area contributed by atoms with Gasteiger partial charge in [-0.15, -0.1) is 16.4 Å². The molecule has 2 aromatic heterocycles. The summed E-state index contributed by atoms with van der Waals surface area (Å²) in [4.78, 5) is 1.20. The van der Waals surface area contributed by atoms with Gasteiger partial charge in [-0.25, -0.2) is 4.68 Å². The van der Waals surface area contributed by atoms with Crippen molar-refractivity contribution in [2.75, 3.05) is 5.32 Å².